The van der Waals surface area contributed by atoms with Crippen LogP contribution in [0.2, 0.25) is 0 Å². The molecule has 0 N–H and O–H groups in total. The minimum Gasteiger partial charge on any atom is -1.00 e. The fraction of sp³-hybridized carbons (Fsp3) is 0.500. The summed E-state index contributed by atoms with van der Waals surface area (Å²) in [7, 11) is 0. The molecule has 0 heterocycles. The quantitative estimate of drug-likeness (QED) is 0.408. The third-order valence-corrected chi connectivity index (χ3v) is 2.60. The molecule has 0 amide bonds. The Morgan fingerprint density at radius 1 is 1.45 bits per heavy atom. The van der Waals surface area contributed by atoms with Gasteiger partial charge in [-0.3, -0.25) is 0 Å². The first-order valence-corrected chi connectivity index (χ1v) is 4.14. The van der Waals surface area contributed by atoms with Gasteiger partial charge in [-0.25, -0.2) is 0 Å². The minimum absolute atomic E-state index is 0. The second-order valence-electron chi connectivity index (χ2n) is 2.40. The zero-order chi connectivity index (χ0) is 6.85. The van der Waals surface area contributed by atoms with Crippen LogP contribution >= 0.6 is 0 Å². The van der Waals surface area contributed by atoms with Gasteiger partial charge in [0.05, 0.1) is 0 Å². The molecule has 3 heteroatoms. The Bertz CT molecular complexity index is 183. The molecular weight excluding hydrogens is 215 g/mol. The van der Waals surface area contributed by atoms with Gasteiger partial charge in [0.1, 0.15) is 0 Å². The molecule has 0 saturated carbocycles. The van der Waals surface area contributed by atoms with E-state index in [1.807, 2.05) is 0 Å². The van der Waals surface area contributed by atoms with Crippen LogP contribution in [0.4, 0.5) is 0 Å². The molecular formula is C8H11Cl2Ti. The van der Waals surface area contributed by atoms with Crippen molar-refractivity contribution in [3.05, 3.63) is 21.1 Å². The Morgan fingerprint density at radius 2 is 2.00 bits per heavy atom. The van der Waals surface area contributed by atoms with Crippen molar-refractivity contribution in [1.82, 2.24) is 0 Å². The van der Waals surface area contributed by atoms with E-state index in [2.05, 4.69) is 40.4 Å². The van der Waals surface area contributed by atoms with Crippen LogP contribution in [0, 0.1) is 0 Å². The van der Waals surface area contributed by atoms with E-state index in [1.54, 1.807) is 9.45 Å². The van der Waals surface area contributed by atoms with Crippen molar-refractivity contribution in [3.8, 4) is 0 Å². The van der Waals surface area contributed by atoms with Gasteiger partial charge in [-0.05, 0) is 0 Å². The van der Waals surface area contributed by atoms with Crippen molar-refractivity contribution < 1.29 is 45.2 Å². The molecule has 0 radical (unpaired) electrons. The van der Waals surface area contributed by atoms with E-state index in [4.69, 9.17) is 0 Å². The maximum absolute atomic E-state index is 2.31. The van der Waals surface area contributed by atoms with Gasteiger partial charge in [-0.15, -0.1) is 0 Å². The van der Waals surface area contributed by atoms with Gasteiger partial charge < -0.3 is 24.8 Å². The van der Waals surface area contributed by atoms with Crippen LogP contribution in [-0.4, -0.2) is 0 Å². The molecule has 0 aromatic heterocycles. The largest absolute Gasteiger partial charge is 1.00 e. The monoisotopic (exact) mass is 225 g/mol. The summed E-state index contributed by atoms with van der Waals surface area (Å²) in [5.41, 5.74) is 3.07. The summed E-state index contributed by atoms with van der Waals surface area (Å²) in [6, 6.07) is 0. The van der Waals surface area contributed by atoms with Crippen LogP contribution in [0.25, 0.3) is 0 Å². The molecule has 61 valence electrons. The Kier molecular flexibility index (Phi) is 8.20. The smallest absolute Gasteiger partial charge is 1.00 e. The van der Waals surface area contributed by atoms with Crippen molar-refractivity contribution in [2.45, 2.75) is 26.7 Å². The molecule has 11 heavy (non-hydrogen) atoms. The first kappa shape index (κ1) is 14.3. The minimum atomic E-state index is 0. The summed E-state index contributed by atoms with van der Waals surface area (Å²) in [5.74, 6) is 0. The fourth-order valence-corrected chi connectivity index (χ4v) is 1.98. The van der Waals surface area contributed by atoms with Gasteiger partial charge in [0.25, 0.3) is 0 Å². The van der Waals surface area contributed by atoms with Gasteiger partial charge in [-0.2, -0.15) is 0 Å². The number of hydrogen-bond donors (Lipinski definition) is 0. The van der Waals surface area contributed by atoms with Crippen LogP contribution < -0.4 is 24.8 Å². The van der Waals surface area contributed by atoms with Crippen molar-refractivity contribution in [3.63, 3.8) is 0 Å². The normalized spacial score (nSPS) is 15.5. The molecule has 1 aliphatic rings. The second kappa shape index (κ2) is 6.31. The summed E-state index contributed by atoms with van der Waals surface area (Å²) in [4.78, 5) is 0. The van der Waals surface area contributed by atoms with Gasteiger partial charge >= 0.3 is 68.2 Å². The predicted molar refractivity (Wildman–Crippen MR) is 35.7 cm³/mol. The maximum Gasteiger partial charge on any atom is -1.00 e. The number of hydrogen-bond acceptors (Lipinski definition) is 0. The molecule has 0 saturated heterocycles. The van der Waals surface area contributed by atoms with Crippen LogP contribution in [0.15, 0.2) is 21.1 Å². The van der Waals surface area contributed by atoms with Crippen molar-refractivity contribution in [1.29, 1.82) is 0 Å². The number of rotatable bonds is 1. The Hall–Kier alpha value is 0.774. The average molecular weight is 226 g/mol. The topological polar surface area (TPSA) is 0 Å². The molecule has 0 aromatic carbocycles. The van der Waals surface area contributed by atoms with E-state index < -0.39 is 0 Å². The Balaban J connectivity index is 0. The molecule has 0 nitrogen and oxygen atoms in total. The number of allylic oxidation sites excluding steroid dienone is 4. The SMILES string of the molecule is CCC1=[C]([Ti+2])CC=C1C.[Cl-].[Cl-]. The third kappa shape index (κ3) is 3.33. The Morgan fingerprint density at radius 3 is 2.18 bits per heavy atom. The van der Waals surface area contributed by atoms with E-state index in [0.29, 0.717) is 0 Å². The average Bonchev–Trinajstić information content (AvgIpc) is 2.12. The van der Waals surface area contributed by atoms with Crippen molar-refractivity contribution in [2.75, 3.05) is 0 Å². The Labute approximate surface area is 92.7 Å². The first-order valence-electron chi connectivity index (χ1n) is 3.36. The van der Waals surface area contributed by atoms with Crippen molar-refractivity contribution >= 4 is 0 Å². The summed E-state index contributed by atoms with van der Waals surface area (Å²) >= 11 is 2.23. The summed E-state index contributed by atoms with van der Waals surface area (Å²) in [6.45, 7) is 4.43. The number of halogens is 2. The van der Waals surface area contributed by atoms with Crippen LogP contribution in [0.3, 0.4) is 0 Å². The maximum atomic E-state index is 2.31. The molecule has 0 fully saturated rings. The molecule has 0 aromatic rings. The molecule has 0 spiro atoms. The first-order chi connectivity index (χ1) is 4.25. The van der Waals surface area contributed by atoms with E-state index in [9.17, 15) is 0 Å². The fourth-order valence-electron chi connectivity index (χ4n) is 1.23. The van der Waals surface area contributed by atoms with E-state index in [1.165, 1.54) is 18.4 Å². The van der Waals surface area contributed by atoms with Crippen LogP contribution in [0.1, 0.15) is 26.7 Å². The summed E-state index contributed by atoms with van der Waals surface area (Å²) < 4.78 is 1.56. The van der Waals surface area contributed by atoms with E-state index >= 15 is 0 Å². The summed E-state index contributed by atoms with van der Waals surface area (Å²) in [5, 5.41) is 0. The summed E-state index contributed by atoms with van der Waals surface area (Å²) in [6.07, 6.45) is 4.71. The molecule has 0 unspecified atom stereocenters. The van der Waals surface area contributed by atoms with Gasteiger partial charge in [-0.1, -0.05) is 0 Å². The van der Waals surface area contributed by atoms with Crippen molar-refractivity contribution in [2.24, 2.45) is 0 Å². The zero-order valence-electron chi connectivity index (χ0n) is 6.75. The predicted octanol–water partition coefficient (Wildman–Crippen LogP) is -3.44. The molecule has 1 aliphatic carbocycles. The zero-order valence-corrected chi connectivity index (χ0v) is 9.82. The molecule has 0 aliphatic heterocycles. The van der Waals surface area contributed by atoms with Gasteiger partial charge in [0.2, 0.25) is 0 Å². The van der Waals surface area contributed by atoms with Gasteiger partial charge in [0.15, 0.2) is 0 Å². The van der Waals surface area contributed by atoms with Gasteiger partial charge in [0, 0.05) is 0 Å². The second-order valence-corrected chi connectivity index (χ2v) is 3.34. The van der Waals surface area contributed by atoms with Crippen LogP contribution in [-0.2, 0) is 20.4 Å². The van der Waals surface area contributed by atoms with Crippen LogP contribution in [0.5, 0.6) is 0 Å². The third-order valence-electron chi connectivity index (χ3n) is 1.81. The molecule has 0 atom stereocenters. The molecule has 0 bridgehead atoms. The standard InChI is InChI=1S/C8H11.2ClH.Ti/c1-3-8-6-4-5-7(8)2;;;/h5H,3-4H2,1-2H3;2*1H;/q;;;+2/p-2. The van der Waals surface area contributed by atoms with E-state index in [-0.39, 0.29) is 24.8 Å². The van der Waals surface area contributed by atoms with E-state index in [0.717, 1.165) is 0 Å². The molecule has 1 rings (SSSR count).